The number of azo groups is 1. The van der Waals surface area contributed by atoms with Crippen LogP contribution < -0.4 is 10.6 Å². The Kier molecular flexibility index (Phi) is 6.19. The predicted molar refractivity (Wildman–Crippen MR) is 126 cm³/mol. The maximum absolute atomic E-state index is 9.84. The normalized spacial score (nSPS) is 10.6. The largest absolute Gasteiger partial charge is 0.371 e. The van der Waals surface area contributed by atoms with Gasteiger partial charge in [-0.05, 0) is 32.0 Å². The number of rotatable bonds is 6. The van der Waals surface area contributed by atoms with Crippen LogP contribution in [0.2, 0.25) is 0 Å². The summed E-state index contributed by atoms with van der Waals surface area (Å²) in [5, 5.41) is 38.3. The number of hydrogen-bond donors (Lipinski definition) is 2. The Labute approximate surface area is 195 Å². The number of nitriles is 2. The minimum atomic E-state index is 0.163. The van der Waals surface area contributed by atoms with Crippen LogP contribution >= 0.6 is 0 Å². The number of hydrogen-bond acceptors (Lipinski definition) is 10. The average molecular weight is 449 g/mol. The third-order valence-electron chi connectivity index (χ3n) is 4.93. The Balaban J connectivity index is 1.78. The van der Waals surface area contributed by atoms with Gasteiger partial charge >= 0.3 is 0 Å². The molecule has 0 fully saturated rings. The zero-order valence-corrected chi connectivity index (χ0v) is 18.6. The van der Waals surface area contributed by atoms with Gasteiger partial charge in [0.15, 0.2) is 17.5 Å². The van der Waals surface area contributed by atoms with Gasteiger partial charge in [0.2, 0.25) is 0 Å². The first-order chi connectivity index (χ1) is 16.5. The van der Waals surface area contributed by atoms with Crippen molar-refractivity contribution in [2.75, 3.05) is 17.7 Å². The number of benzene rings is 1. The highest BCUT2D eigenvalue weighted by molar-refractivity contribution is 5.76. The summed E-state index contributed by atoms with van der Waals surface area (Å²) in [4.78, 5) is 12.9. The van der Waals surface area contributed by atoms with Crippen LogP contribution in [0.1, 0.15) is 22.3 Å². The van der Waals surface area contributed by atoms with Crippen LogP contribution in [0.5, 0.6) is 0 Å². The lowest BCUT2D eigenvalue weighted by molar-refractivity contribution is 0.803. The minimum Gasteiger partial charge on any atom is -0.371 e. The van der Waals surface area contributed by atoms with Gasteiger partial charge in [-0.15, -0.1) is 10.2 Å². The lowest BCUT2D eigenvalue weighted by atomic mass is 10.1. The topological polar surface area (TPSA) is 153 Å². The van der Waals surface area contributed by atoms with Crippen molar-refractivity contribution in [1.82, 2.24) is 24.7 Å². The van der Waals surface area contributed by atoms with E-state index in [4.69, 9.17) is 0 Å². The molecule has 3 aromatic heterocycles. The Morgan fingerprint density at radius 1 is 0.971 bits per heavy atom. The summed E-state index contributed by atoms with van der Waals surface area (Å²) in [6, 6.07) is 13.7. The summed E-state index contributed by atoms with van der Waals surface area (Å²) in [5.74, 6) is 1.22. The number of aryl methyl sites for hydroxylation is 1. The molecule has 11 nitrogen and oxygen atoms in total. The molecule has 166 valence electrons. The lowest BCUT2D eigenvalue weighted by Gasteiger charge is -2.14. The molecule has 4 aromatic rings. The molecular formula is C23H19N11. The smallest absolute Gasteiger partial charge is 0.252 e. The summed E-state index contributed by atoms with van der Waals surface area (Å²) < 4.78 is 1.32. The highest BCUT2D eigenvalue weighted by Crippen LogP contribution is 2.36. The maximum atomic E-state index is 9.84. The summed E-state index contributed by atoms with van der Waals surface area (Å²) in [6.45, 7) is 3.76. The number of anilines is 3. The van der Waals surface area contributed by atoms with Crippen molar-refractivity contribution in [2.24, 2.45) is 10.2 Å². The van der Waals surface area contributed by atoms with Crippen LogP contribution in [0.4, 0.5) is 28.8 Å². The molecule has 0 unspecified atom stereocenters. The van der Waals surface area contributed by atoms with Crippen molar-refractivity contribution < 1.29 is 0 Å². The second-order valence-corrected chi connectivity index (χ2v) is 7.16. The zero-order chi connectivity index (χ0) is 24.1. The molecule has 2 N–H and O–H groups in total. The highest BCUT2D eigenvalue weighted by atomic mass is 15.4. The first kappa shape index (κ1) is 22.0. The van der Waals surface area contributed by atoms with E-state index in [1.54, 1.807) is 32.4 Å². The van der Waals surface area contributed by atoms with Gasteiger partial charge in [-0.2, -0.15) is 20.3 Å². The molecule has 0 spiro atoms. The van der Waals surface area contributed by atoms with Gasteiger partial charge in [-0.25, -0.2) is 15.0 Å². The molecule has 0 saturated carbocycles. The molecule has 34 heavy (non-hydrogen) atoms. The van der Waals surface area contributed by atoms with E-state index in [0.717, 1.165) is 11.3 Å². The number of pyridine rings is 1. The summed E-state index contributed by atoms with van der Waals surface area (Å²) in [6.07, 6.45) is 4.48. The molecule has 0 aliphatic heterocycles. The fourth-order valence-corrected chi connectivity index (χ4v) is 3.15. The molecule has 3 heterocycles. The first-order valence-corrected chi connectivity index (χ1v) is 10.2. The number of aromatic nitrogens is 5. The highest BCUT2D eigenvalue weighted by Gasteiger charge is 2.19. The Bertz CT molecular complexity index is 1440. The van der Waals surface area contributed by atoms with E-state index in [2.05, 4.69) is 47.0 Å². The van der Waals surface area contributed by atoms with Crippen molar-refractivity contribution in [3.63, 3.8) is 0 Å². The molecular weight excluding hydrogens is 430 g/mol. The van der Waals surface area contributed by atoms with Crippen molar-refractivity contribution >= 4 is 28.8 Å². The zero-order valence-electron chi connectivity index (χ0n) is 18.6. The summed E-state index contributed by atoms with van der Waals surface area (Å²) in [7, 11) is 1.70. The predicted octanol–water partition coefficient (Wildman–Crippen LogP) is 4.62. The van der Waals surface area contributed by atoms with Gasteiger partial charge in [0, 0.05) is 30.7 Å². The van der Waals surface area contributed by atoms with Gasteiger partial charge < -0.3 is 10.6 Å². The van der Waals surface area contributed by atoms with Crippen molar-refractivity contribution in [1.29, 1.82) is 10.5 Å². The molecule has 11 heteroatoms. The van der Waals surface area contributed by atoms with Crippen LogP contribution in [0, 0.1) is 36.5 Å². The quantitative estimate of drug-likeness (QED) is 0.404. The minimum absolute atomic E-state index is 0.163. The van der Waals surface area contributed by atoms with Gasteiger partial charge in [0.05, 0.1) is 11.8 Å². The van der Waals surface area contributed by atoms with E-state index in [1.807, 2.05) is 37.3 Å². The second kappa shape index (κ2) is 9.54. The molecule has 4 rings (SSSR count). The van der Waals surface area contributed by atoms with E-state index >= 15 is 0 Å². The second-order valence-electron chi connectivity index (χ2n) is 7.16. The van der Waals surface area contributed by atoms with E-state index in [1.165, 1.54) is 10.9 Å². The molecule has 0 aliphatic rings. The summed E-state index contributed by atoms with van der Waals surface area (Å²) in [5.41, 5.74) is 3.38. The number of nitrogens with one attached hydrogen (secondary N) is 2. The van der Waals surface area contributed by atoms with E-state index < -0.39 is 0 Å². The Morgan fingerprint density at radius 2 is 1.71 bits per heavy atom. The Hall–Kier alpha value is -5.16. The lowest BCUT2D eigenvalue weighted by Crippen LogP contribution is -2.04. The number of nitrogens with zero attached hydrogens (tertiary/aromatic N) is 9. The van der Waals surface area contributed by atoms with Crippen molar-refractivity contribution in [3.8, 4) is 18.1 Å². The van der Waals surface area contributed by atoms with E-state index in [-0.39, 0.29) is 17.3 Å². The summed E-state index contributed by atoms with van der Waals surface area (Å²) >= 11 is 0. The molecule has 0 radical (unpaired) electrons. The first-order valence-electron chi connectivity index (χ1n) is 10.2. The Morgan fingerprint density at radius 3 is 2.35 bits per heavy atom. The van der Waals surface area contributed by atoms with Crippen LogP contribution in [0.3, 0.4) is 0 Å². The van der Waals surface area contributed by atoms with Gasteiger partial charge in [-0.3, -0.25) is 0 Å². The van der Waals surface area contributed by atoms with Crippen LogP contribution in [0.25, 0.3) is 5.95 Å². The monoisotopic (exact) mass is 449 g/mol. The molecule has 0 aliphatic carbocycles. The third kappa shape index (κ3) is 4.26. The van der Waals surface area contributed by atoms with Gasteiger partial charge in [0.1, 0.15) is 23.4 Å². The molecule has 0 amide bonds. The van der Waals surface area contributed by atoms with Gasteiger partial charge in [-0.1, -0.05) is 17.7 Å². The van der Waals surface area contributed by atoms with E-state index in [0.29, 0.717) is 28.5 Å². The van der Waals surface area contributed by atoms with Gasteiger partial charge in [0.25, 0.3) is 5.95 Å². The van der Waals surface area contributed by atoms with Crippen molar-refractivity contribution in [2.45, 2.75) is 13.8 Å². The average Bonchev–Trinajstić information content (AvgIpc) is 3.28. The van der Waals surface area contributed by atoms with Crippen LogP contribution in [0.15, 0.2) is 59.2 Å². The maximum Gasteiger partial charge on any atom is 0.252 e. The molecule has 0 saturated heterocycles. The standard InChI is InChI=1S/C23H19N11/c1-14-5-7-17(8-6-14)30-20-18(12-25)15(2)19(21(26-3)31-20)32-33-22-16(11-24)13-29-34(22)23-27-9-4-10-28-23/h4-10,13H,1-3H3,(H2,26,30,31). The van der Waals surface area contributed by atoms with E-state index in [9.17, 15) is 10.5 Å². The third-order valence-corrected chi connectivity index (χ3v) is 4.93. The van der Waals surface area contributed by atoms with Crippen LogP contribution in [-0.2, 0) is 0 Å². The fraction of sp³-hybridized carbons (Fsp3) is 0.130. The molecule has 1 aromatic carbocycles. The fourth-order valence-electron chi connectivity index (χ4n) is 3.15. The molecule has 0 bridgehead atoms. The molecule has 0 atom stereocenters. The van der Waals surface area contributed by atoms with Crippen LogP contribution in [-0.4, -0.2) is 31.8 Å². The SMILES string of the molecule is CNc1nc(Nc2ccc(C)cc2)c(C#N)c(C)c1N=Nc1c(C#N)cnn1-c1ncccn1. The van der Waals surface area contributed by atoms with Crippen molar-refractivity contribution in [3.05, 3.63) is 71.2 Å².